The van der Waals surface area contributed by atoms with Gasteiger partial charge in [0, 0.05) is 63.1 Å². The van der Waals surface area contributed by atoms with Crippen LogP contribution in [0.3, 0.4) is 0 Å². The first-order valence-corrected chi connectivity index (χ1v) is 10.7. The Labute approximate surface area is 169 Å². The van der Waals surface area contributed by atoms with E-state index in [2.05, 4.69) is 34.6 Å². The van der Waals surface area contributed by atoms with Crippen molar-refractivity contribution in [1.29, 1.82) is 0 Å². The highest BCUT2D eigenvalue weighted by Gasteiger charge is 2.24. The molecule has 0 radical (unpaired) electrons. The quantitative estimate of drug-likeness (QED) is 0.785. The lowest BCUT2D eigenvalue weighted by molar-refractivity contribution is -0.134. The molecule has 3 rings (SSSR count). The molecule has 0 atom stereocenters. The third-order valence-electron chi connectivity index (χ3n) is 5.42. The van der Waals surface area contributed by atoms with E-state index in [4.69, 9.17) is 11.6 Å². The van der Waals surface area contributed by atoms with Gasteiger partial charge >= 0.3 is 0 Å². The molecule has 0 saturated carbocycles. The highest BCUT2D eigenvalue weighted by Crippen LogP contribution is 2.25. The summed E-state index contributed by atoms with van der Waals surface area (Å²) in [5.74, 6) is 0.281. The van der Waals surface area contributed by atoms with Gasteiger partial charge in [0.15, 0.2) is 0 Å². The molecular formula is C21H35ClN4O. The molecule has 0 bridgehead atoms. The first-order valence-electron chi connectivity index (χ1n) is 10.3. The minimum absolute atomic E-state index is 0.281. The van der Waals surface area contributed by atoms with Crippen molar-refractivity contribution in [2.75, 3.05) is 70.3 Å². The summed E-state index contributed by atoms with van der Waals surface area (Å²) in [7, 11) is 0. The minimum Gasteiger partial charge on any atom is -0.369 e. The van der Waals surface area contributed by atoms with Crippen molar-refractivity contribution in [1.82, 2.24) is 14.7 Å². The van der Waals surface area contributed by atoms with Crippen molar-refractivity contribution in [2.24, 2.45) is 0 Å². The number of amides is 1. The number of hydrogen-bond acceptors (Lipinski definition) is 4. The van der Waals surface area contributed by atoms with Gasteiger partial charge in [-0.25, -0.2) is 0 Å². The summed E-state index contributed by atoms with van der Waals surface area (Å²) < 4.78 is 0. The Kier molecular flexibility index (Phi) is 8.87. The molecule has 2 fully saturated rings. The van der Waals surface area contributed by atoms with Crippen LogP contribution < -0.4 is 4.90 Å². The molecule has 0 unspecified atom stereocenters. The summed E-state index contributed by atoms with van der Waals surface area (Å²) in [4.78, 5) is 21.6. The van der Waals surface area contributed by atoms with E-state index in [-0.39, 0.29) is 5.91 Å². The maximum atomic E-state index is 12.5. The Morgan fingerprint density at radius 1 is 0.963 bits per heavy atom. The van der Waals surface area contributed by atoms with Crippen LogP contribution in [0.4, 0.5) is 5.69 Å². The summed E-state index contributed by atoms with van der Waals surface area (Å²) >= 11 is 6.15. The molecule has 1 amide bonds. The molecule has 1 aromatic carbocycles. The van der Waals surface area contributed by atoms with Crippen molar-refractivity contribution < 1.29 is 4.79 Å². The molecular weight excluding hydrogens is 360 g/mol. The van der Waals surface area contributed by atoms with Gasteiger partial charge in [-0.1, -0.05) is 38.4 Å². The Morgan fingerprint density at radius 2 is 1.56 bits per heavy atom. The van der Waals surface area contributed by atoms with Crippen LogP contribution in [0.2, 0.25) is 5.02 Å². The number of rotatable bonds is 4. The van der Waals surface area contributed by atoms with E-state index in [9.17, 15) is 4.79 Å². The fourth-order valence-corrected chi connectivity index (χ4v) is 3.84. The lowest BCUT2D eigenvalue weighted by atomic mass is 10.1. The molecule has 2 aliphatic rings. The van der Waals surface area contributed by atoms with Gasteiger partial charge in [0.05, 0.1) is 6.54 Å². The molecule has 6 heteroatoms. The zero-order valence-electron chi connectivity index (χ0n) is 17.4. The Hall–Kier alpha value is -1.30. The van der Waals surface area contributed by atoms with E-state index >= 15 is 0 Å². The van der Waals surface area contributed by atoms with Gasteiger partial charge in [0.1, 0.15) is 0 Å². The average Bonchev–Trinajstić information content (AvgIpc) is 2.72. The van der Waals surface area contributed by atoms with Gasteiger partial charge in [-0.3, -0.25) is 9.69 Å². The highest BCUT2D eigenvalue weighted by molar-refractivity contribution is 6.30. The lowest BCUT2D eigenvalue weighted by Crippen LogP contribution is -2.53. The lowest BCUT2D eigenvalue weighted by Gasteiger charge is -2.38. The molecule has 0 N–H and O–H groups in total. The van der Waals surface area contributed by atoms with E-state index < -0.39 is 0 Å². The van der Waals surface area contributed by atoms with E-state index in [1.54, 1.807) is 0 Å². The van der Waals surface area contributed by atoms with Crippen molar-refractivity contribution in [3.63, 3.8) is 0 Å². The van der Waals surface area contributed by atoms with Gasteiger partial charge in [-0.15, -0.1) is 0 Å². The molecule has 5 nitrogen and oxygen atoms in total. The average molecular weight is 395 g/mol. The van der Waals surface area contributed by atoms with Crippen LogP contribution in [-0.4, -0.2) is 86.1 Å². The normalized spacial score (nSPS) is 18.9. The molecule has 2 heterocycles. The first kappa shape index (κ1) is 22.0. The van der Waals surface area contributed by atoms with Gasteiger partial charge in [-0.05, 0) is 31.2 Å². The fraction of sp³-hybridized carbons (Fsp3) is 0.667. The molecule has 0 spiro atoms. The van der Waals surface area contributed by atoms with Crippen LogP contribution in [0.25, 0.3) is 0 Å². The number of piperazine rings is 2. The standard InChI is InChI=1S/C19H29ClN4O.C2H6/c1-3-21-6-12-24(13-7-21)19(25)15-22-8-10-23(11-9-22)18-14-17(20)5-4-16(18)2;1-2/h4-5,14H,3,6-13,15H2,1-2H3;1-2H3. The molecule has 0 aliphatic carbocycles. The van der Waals surface area contributed by atoms with Crippen LogP contribution in [0.1, 0.15) is 26.3 Å². The number of halogens is 1. The number of carbonyl (C=O) groups excluding carboxylic acids is 1. The summed E-state index contributed by atoms with van der Waals surface area (Å²) in [6.07, 6.45) is 0. The van der Waals surface area contributed by atoms with E-state index in [1.807, 2.05) is 30.9 Å². The van der Waals surface area contributed by atoms with Crippen molar-refractivity contribution in [3.05, 3.63) is 28.8 Å². The number of aryl methyl sites for hydroxylation is 1. The van der Waals surface area contributed by atoms with Crippen LogP contribution in [-0.2, 0) is 4.79 Å². The van der Waals surface area contributed by atoms with Gasteiger partial charge in [0.25, 0.3) is 0 Å². The Bertz CT molecular complexity index is 594. The van der Waals surface area contributed by atoms with Gasteiger partial charge in [-0.2, -0.15) is 0 Å². The molecule has 0 aromatic heterocycles. The first-order chi connectivity index (χ1) is 13.1. The van der Waals surface area contributed by atoms with Crippen molar-refractivity contribution >= 4 is 23.2 Å². The summed E-state index contributed by atoms with van der Waals surface area (Å²) in [6.45, 7) is 17.4. The largest absolute Gasteiger partial charge is 0.369 e. The number of anilines is 1. The van der Waals surface area contributed by atoms with E-state index in [0.29, 0.717) is 6.54 Å². The molecule has 152 valence electrons. The summed E-state index contributed by atoms with van der Waals surface area (Å²) in [6, 6.07) is 6.06. The highest BCUT2D eigenvalue weighted by atomic mass is 35.5. The zero-order valence-corrected chi connectivity index (χ0v) is 18.1. The number of carbonyl (C=O) groups is 1. The van der Waals surface area contributed by atoms with Crippen LogP contribution in [0.5, 0.6) is 0 Å². The topological polar surface area (TPSA) is 30.0 Å². The summed E-state index contributed by atoms with van der Waals surface area (Å²) in [5, 5.41) is 0.782. The molecule has 2 saturated heterocycles. The minimum atomic E-state index is 0.281. The second-order valence-corrected chi connectivity index (χ2v) is 7.45. The number of likely N-dealkylation sites (N-methyl/N-ethyl adjacent to an activating group) is 1. The molecule has 1 aromatic rings. The second-order valence-electron chi connectivity index (χ2n) is 7.01. The van der Waals surface area contributed by atoms with Crippen molar-refractivity contribution in [3.8, 4) is 0 Å². The fourth-order valence-electron chi connectivity index (χ4n) is 3.67. The van der Waals surface area contributed by atoms with Crippen LogP contribution in [0, 0.1) is 6.92 Å². The van der Waals surface area contributed by atoms with Gasteiger partial charge in [0.2, 0.25) is 5.91 Å². The monoisotopic (exact) mass is 394 g/mol. The predicted octanol–water partition coefficient (Wildman–Crippen LogP) is 2.96. The zero-order chi connectivity index (χ0) is 19.8. The SMILES string of the molecule is CC.CCN1CCN(C(=O)CN2CCN(c3cc(Cl)ccc3C)CC2)CC1. The van der Waals surface area contributed by atoms with Crippen LogP contribution >= 0.6 is 11.6 Å². The van der Waals surface area contributed by atoms with Crippen LogP contribution in [0.15, 0.2) is 18.2 Å². The maximum absolute atomic E-state index is 12.5. The number of benzene rings is 1. The number of hydrogen-bond donors (Lipinski definition) is 0. The number of nitrogens with zero attached hydrogens (tertiary/aromatic N) is 4. The maximum Gasteiger partial charge on any atom is 0.236 e. The summed E-state index contributed by atoms with van der Waals surface area (Å²) in [5.41, 5.74) is 2.47. The second kappa shape index (κ2) is 10.9. The third kappa shape index (κ3) is 6.09. The third-order valence-corrected chi connectivity index (χ3v) is 5.65. The molecule has 2 aliphatic heterocycles. The smallest absolute Gasteiger partial charge is 0.236 e. The predicted molar refractivity (Wildman–Crippen MR) is 115 cm³/mol. The Balaban J connectivity index is 0.00000126. The Morgan fingerprint density at radius 3 is 2.15 bits per heavy atom. The van der Waals surface area contributed by atoms with Gasteiger partial charge < -0.3 is 14.7 Å². The molecule has 27 heavy (non-hydrogen) atoms. The van der Waals surface area contributed by atoms with E-state index in [0.717, 1.165) is 63.9 Å². The van der Waals surface area contributed by atoms with E-state index in [1.165, 1.54) is 11.3 Å². The van der Waals surface area contributed by atoms with Crippen molar-refractivity contribution in [2.45, 2.75) is 27.7 Å².